The fraction of sp³-hybridized carbons (Fsp3) is 0.0435. The number of hydrogen-bond acceptors (Lipinski definition) is 6. The molecule has 0 N–H and O–H groups in total. The molecule has 0 aliphatic heterocycles. The highest BCUT2D eigenvalue weighted by Crippen LogP contribution is 2.19. The van der Waals surface area contributed by atoms with Crippen molar-refractivity contribution in [2.24, 2.45) is 0 Å². The Balaban J connectivity index is 1.70. The highest BCUT2D eigenvalue weighted by atomic mass is 16.6. The summed E-state index contributed by atoms with van der Waals surface area (Å²) in [6.07, 6.45) is 2.86. The highest BCUT2D eigenvalue weighted by Gasteiger charge is 2.10. The second-order valence-corrected chi connectivity index (χ2v) is 6.20. The van der Waals surface area contributed by atoms with Crippen LogP contribution in [0.5, 0.6) is 11.5 Å². The molecule has 0 fully saturated rings. The van der Waals surface area contributed by atoms with Gasteiger partial charge in [0.15, 0.2) is 5.78 Å². The van der Waals surface area contributed by atoms with Crippen molar-refractivity contribution < 1.29 is 24.0 Å². The van der Waals surface area contributed by atoms with Gasteiger partial charge in [0.25, 0.3) is 5.69 Å². The van der Waals surface area contributed by atoms with E-state index in [0.717, 1.165) is 0 Å². The molecule has 0 unspecified atom stereocenters. The summed E-state index contributed by atoms with van der Waals surface area (Å²) < 4.78 is 10.4. The Morgan fingerprint density at radius 3 is 2.33 bits per heavy atom. The minimum Gasteiger partial charge on any atom is -0.497 e. The maximum Gasteiger partial charge on any atom is 0.343 e. The van der Waals surface area contributed by atoms with Gasteiger partial charge in [-0.3, -0.25) is 14.9 Å². The molecule has 0 bridgehead atoms. The Labute approximate surface area is 172 Å². The summed E-state index contributed by atoms with van der Waals surface area (Å²) in [7, 11) is 1.54. The zero-order chi connectivity index (χ0) is 21.5. The third kappa shape index (κ3) is 5.17. The Morgan fingerprint density at radius 2 is 1.63 bits per heavy atom. The molecule has 0 aliphatic carbocycles. The lowest BCUT2D eigenvalue weighted by atomic mass is 10.1. The zero-order valence-electron chi connectivity index (χ0n) is 16.0. The lowest BCUT2D eigenvalue weighted by molar-refractivity contribution is -0.384. The van der Waals surface area contributed by atoms with Crippen LogP contribution in [0.3, 0.4) is 0 Å². The van der Waals surface area contributed by atoms with E-state index in [9.17, 15) is 19.7 Å². The Hall–Kier alpha value is -4.26. The fourth-order valence-corrected chi connectivity index (χ4v) is 2.62. The molecule has 0 saturated heterocycles. The van der Waals surface area contributed by atoms with Crippen LogP contribution in [0.1, 0.15) is 26.3 Å². The smallest absolute Gasteiger partial charge is 0.343 e. The summed E-state index contributed by atoms with van der Waals surface area (Å²) in [6.45, 7) is 0. The number of nitro benzene ring substituents is 1. The number of methoxy groups -OCH3 is 1. The fourth-order valence-electron chi connectivity index (χ4n) is 2.62. The number of ketones is 1. The van der Waals surface area contributed by atoms with Gasteiger partial charge < -0.3 is 9.47 Å². The van der Waals surface area contributed by atoms with Gasteiger partial charge in [0.05, 0.1) is 17.6 Å². The van der Waals surface area contributed by atoms with Crippen molar-refractivity contribution >= 4 is 23.5 Å². The van der Waals surface area contributed by atoms with Crippen LogP contribution in [0, 0.1) is 10.1 Å². The van der Waals surface area contributed by atoms with E-state index in [0.29, 0.717) is 22.6 Å². The Kier molecular flexibility index (Phi) is 6.34. The summed E-state index contributed by atoms with van der Waals surface area (Å²) in [6, 6.07) is 18.7. The van der Waals surface area contributed by atoms with Crippen LogP contribution in [0.2, 0.25) is 0 Å². The van der Waals surface area contributed by atoms with E-state index in [2.05, 4.69) is 0 Å². The van der Waals surface area contributed by atoms with Crippen molar-refractivity contribution in [3.05, 3.63) is 106 Å². The molecule has 7 heteroatoms. The van der Waals surface area contributed by atoms with Crippen molar-refractivity contribution in [2.45, 2.75) is 0 Å². The number of nitrogens with zero attached hydrogens (tertiary/aromatic N) is 1. The van der Waals surface area contributed by atoms with Gasteiger partial charge in [-0.15, -0.1) is 0 Å². The second kappa shape index (κ2) is 9.29. The van der Waals surface area contributed by atoms with Crippen molar-refractivity contribution in [1.82, 2.24) is 0 Å². The van der Waals surface area contributed by atoms with Gasteiger partial charge in [0.1, 0.15) is 11.5 Å². The van der Waals surface area contributed by atoms with Gasteiger partial charge in [-0.25, -0.2) is 4.79 Å². The number of benzene rings is 3. The summed E-state index contributed by atoms with van der Waals surface area (Å²) in [4.78, 5) is 34.9. The minimum atomic E-state index is -0.554. The number of rotatable bonds is 7. The summed E-state index contributed by atoms with van der Waals surface area (Å²) in [5.41, 5.74) is 1.07. The molecule has 30 heavy (non-hydrogen) atoms. The van der Waals surface area contributed by atoms with Gasteiger partial charge in [-0.1, -0.05) is 30.3 Å². The van der Waals surface area contributed by atoms with Crippen LogP contribution in [0.15, 0.2) is 78.9 Å². The van der Waals surface area contributed by atoms with Crippen LogP contribution >= 0.6 is 0 Å². The number of hydrogen-bond donors (Lipinski definition) is 0. The predicted molar refractivity (Wildman–Crippen MR) is 111 cm³/mol. The SMILES string of the molecule is COc1ccc(C(=O)Oc2cccc(/C=C/C(=O)c3cccc([N+](=O)[O-])c3)c2)cc1. The molecule has 3 aromatic carbocycles. The van der Waals surface area contributed by atoms with E-state index in [1.807, 2.05) is 0 Å². The molecule has 3 rings (SSSR count). The zero-order valence-corrected chi connectivity index (χ0v) is 16.0. The van der Waals surface area contributed by atoms with Crippen LogP contribution in [-0.2, 0) is 0 Å². The highest BCUT2D eigenvalue weighted by molar-refractivity contribution is 6.07. The van der Waals surface area contributed by atoms with Gasteiger partial charge in [-0.05, 0) is 48.0 Å². The summed E-state index contributed by atoms with van der Waals surface area (Å²) in [5.74, 6) is 0.0543. The Morgan fingerprint density at radius 1 is 0.900 bits per heavy atom. The first-order valence-corrected chi connectivity index (χ1v) is 8.89. The van der Waals surface area contributed by atoms with Crippen LogP contribution < -0.4 is 9.47 Å². The van der Waals surface area contributed by atoms with Crippen LogP contribution in [-0.4, -0.2) is 23.8 Å². The van der Waals surface area contributed by atoms with E-state index < -0.39 is 10.9 Å². The third-order valence-electron chi connectivity index (χ3n) is 4.16. The number of carbonyl (C=O) groups is 2. The molecule has 0 saturated carbocycles. The van der Waals surface area contributed by atoms with E-state index in [1.165, 1.54) is 37.5 Å². The first kappa shape index (κ1) is 20.5. The maximum atomic E-state index is 12.3. The first-order chi connectivity index (χ1) is 14.5. The molecule has 0 aliphatic rings. The third-order valence-corrected chi connectivity index (χ3v) is 4.16. The maximum absolute atomic E-state index is 12.3. The number of non-ortho nitro benzene ring substituents is 1. The topological polar surface area (TPSA) is 95.7 Å². The quantitative estimate of drug-likeness (QED) is 0.141. The van der Waals surface area contributed by atoms with Gasteiger partial charge in [-0.2, -0.15) is 0 Å². The monoisotopic (exact) mass is 403 g/mol. The molecule has 0 atom stereocenters. The molecule has 0 heterocycles. The summed E-state index contributed by atoms with van der Waals surface area (Å²) >= 11 is 0. The lowest BCUT2D eigenvalue weighted by Crippen LogP contribution is -2.08. The number of allylic oxidation sites excluding steroid dienone is 1. The molecule has 3 aromatic rings. The lowest BCUT2D eigenvalue weighted by Gasteiger charge is -2.06. The predicted octanol–water partition coefficient (Wildman–Crippen LogP) is 4.72. The molecule has 0 radical (unpaired) electrons. The average molecular weight is 403 g/mol. The van der Waals surface area contributed by atoms with Crippen molar-refractivity contribution in [3.8, 4) is 11.5 Å². The van der Waals surface area contributed by atoms with Crippen molar-refractivity contribution in [3.63, 3.8) is 0 Å². The van der Waals surface area contributed by atoms with E-state index in [1.54, 1.807) is 54.6 Å². The van der Waals surface area contributed by atoms with Crippen molar-refractivity contribution in [1.29, 1.82) is 0 Å². The number of nitro groups is 1. The second-order valence-electron chi connectivity index (χ2n) is 6.20. The van der Waals surface area contributed by atoms with E-state index in [4.69, 9.17) is 9.47 Å². The first-order valence-electron chi connectivity index (χ1n) is 8.89. The largest absolute Gasteiger partial charge is 0.497 e. The number of ether oxygens (including phenoxy) is 2. The molecule has 150 valence electrons. The molecular formula is C23H17NO6. The number of esters is 1. The van der Waals surface area contributed by atoms with E-state index >= 15 is 0 Å². The van der Waals surface area contributed by atoms with Crippen molar-refractivity contribution in [2.75, 3.05) is 7.11 Å². The average Bonchev–Trinajstić information content (AvgIpc) is 2.77. The normalized spacial score (nSPS) is 10.6. The Bertz CT molecular complexity index is 1120. The molecule has 0 spiro atoms. The minimum absolute atomic E-state index is 0.151. The van der Waals surface area contributed by atoms with Gasteiger partial charge in [0, 0.05) is 17.7 Å². The van der Waals surface area contributed by atoms with E-state index in [-0.39, 0.29) is 17.0 Å². The molecule has 0 aromatic heterocycles. The van der Waals surface area contributed by atoms with Crippen LogP contribution in [0.25, 0.3) is 6.08 Å². The molecular weight excluding hydrogens is 386 g/mol. The molecule has 0 amide bonds. The van der Waals surface area contributed by atoms with Gasteiger partial charge in [0.2, 0.25) is 0 Å². The van der Waals surface area contributed by atoms with Gasteiger partial charge >= 0.3 is 5.97 Å². The molecule has 7 nitrogen and oxygen atoms in total. The standard InChI is InChI=1S/C23H17NO6/c1-29-20-11-9-17(10-12-20)23(26)30-21-7-2-4-16(14-21)8-13-22(25)18-5-3-6-19(15-18)24(27)28/h2-15H,1H3/b13-8+. The number of carbonyl (C=O) groups excluding carboxylic acids is 2. The van der Waals surface area contributed by atoms with Crippen LogP contribution in [0.4, 0.5) is 5.69 Å². The summed E-state index contributed by atoms with van der Waals surface area (Å²) in [5, 5.41) is 10.8.